The summed E-state index contributed by atoms with van der Waals surface area (Å²) >= 11 is 0. The number of piperazine rings is 1. The van der Waals surface area contributed by atoms with E-state index in [2.05, 4.69) is 5.32 Å². The third kappa shape index (κ3) is 1.74. The summed E-state index contributed by atoms with van der Waals surface area (Å²) in [7, 11) is 0. The van der Waals surface area contributed by atoms with E-state index >= 15 is 0 Å². The third-order valence-electron chi connectivity index (χ3n) is 5.42. The van der Waals surface area contributed by atoms with E-state index in [1.165, 1.54) is 17.0 Å². The maximum atomic E-state index is 12.9. The van der Waals surface area contributed by atoms with Crippen LogP contribution in [0, 0.1) is 10.1 Å². The normalized spacial score (nSPS) is 27.4. The molecule has 2 bridgehead atoms. The van der Waals surface area contributed by atoms with Crippen LogP contribution in [-0.2, 0) is 4.79 Å². The van der Waals surface area contributed by atoms with Gasteiger partial charge in [-0.05, 0) is 18.6 Å². The number of benzene rings is 2. The lowest BCUT2D eigenvalue weighted by Crippen LogP contribution is -2.51. The summed E-state index contributed by atoms with van der Waals surface area (Å²) in [5.74, 6) is -0.260. The molecule has 0 unspecified atom stereocenters. The Hall–Kier alpha value is -3.00. The number of nitro benzene ring substituents is 1. The summed E-state index contributed by atoms with van der Waals surface area (Å²) < 4.78 is 0. The van der Waals surface area contributed by atoms with Crippen molar-refractivity contribution in [3.8, 4) is 0 Å². The van der Waals surface area contributed by atoms with Crippen LogP contribution in [-0.4, -0.2) is 46.4 Å². The first-order chi connectivity index (χ1) is 12.1. The average Bonchev–Trinajstić information content (AvgIpc) is 3.28. The number of anilines is 1. The predicted molar refractivity (Wildman–Crippen MR) is 89.3 cm³/mol. The van der Waals surface area contributed by atoms with E-state index in [0.29, 0.717) is 23.0 Å². The minimum absolute atomic E-state index is 0.00392. The van der Waals surface area contributed by atoms with E-state index in [4.69, 9.17) is 0 Å². The van der Waals surface area contributed by atoms with Gasteiger partial charge in [0.1, 0.15) is 6.04 Å². The number of urea groups is 1. The first-order valence-electron chi connectivity index (χ1n) is 8.13. The van der Waals surface area contributed by atoms with Crippen LogP contribution >= 0.6 is 0 Å². The highest BCUT2D eigenvalue weighted by Crippen LogP contribution is 2.41. The lowest BCUT2D eigenvalue weighted by Gasteiger charge is -2.26. The minimum Gasteiger partial charge on any atom is -0.309 e. The van der Waals surface area contributed by atoms with Crippen LogP contribution in [0.4, 0.5) is 16.2 Å². The third-order valence-corrected chi connectivity index (χ3v) is 5.42. The monoisotopic (exact) mass is 338 g/mol. The smallest absolute Gasteiger partial charge is 0.309 e. The molecule has 3 fully saturated rings. The van der Waals surface area contributed by atoms with Crippen molar-refractivity contribution in [1.29, 1.82) is 0 Å². The number of nitrogens with zero attached hydrogens (tertiary/aromatic N) is 3. The fourth-order valence-corrected chi connectivity index (χ4v) is 4.37. The molecule has 2 aromatic carbocycles. The van der Waals surface area contributed by atoms with Crippen LogP contribution in [0.3, 0.4) is 0 Å². The Kier molecular flexibility index (Phi) is 2.73. The van der Waals surface area contributed by atoms with Crippen molar-refractivity contribution < 1.29 is 14.5 Å². The van der Waals surface area contributed by atoms with Crippen molar-refractivity contribution in [3.63, 3.8) is 0 Å². The molecule has 8 nitrogen and oxygen atoms in total. The summed E-state index contributed by atoms with van der Waals surface area (Å²) in [6.45, 7) is 0.703. The maximum absolute atomic E-state index is 12.9. The summed E-state index contributed by atoms with van der Waals surface area (Å²) in [4.78, 5) is 39.5. The van der Waals surface area contributed by atoms with Gasteiger partial charge in [-0.2, -0.15) is 0 Å². The number of rotatable bonds is 2. The Labute approximate surface area is 142 Å². The first-order valence-corrected chi connectivity index (χ1v) is 8.13. The van der Waals surface area contributed by atoms with Crippen molar-refractivity contribution in [2.45, 2.75) is 24.5 Å². The summed E-state index contributed by atoms with van der Waals surface area (Å²) in [5.41, 5.74) is 0.366. The van der Waals surface area contributed by atoms with Gasteiger partial charge in [0.05, 0.1) is 16.0 Å². The van der Waals surface area contributed by atoms with Crippen molar-refractivity contribution >= 4 is 34.1 Å². The zero-order valence-electron chi connectivity index (χ0n) is 13.1. The molecule has 5 rings (SSSR count). The van der Waals surface area contributed by atoms with Crippen LogP contribution in [0.2, 0.25) is 0 Å². The van der Waals surface area contributed by atoms with Gasteiger partial charge in [0.25, 0.3) is 11.6 Å². The summed E-state index contributed by atoms with van der Waals surface area (Å²) in [5, 5.41) is 15.5. The molecule has 2 aromatic rings. The SMILES string of the molecule is O=C1[C@H]2[C@@H]3C[C@@H](CN3)N2C(=O)N1c1ccc([N+](=O)[O-])c2ccccc12. The Balaban J connectivity index is 1.67. The lowest BCUT2D eigenvalue weighted by molar-refractivity contribution is -0.383. The quantitative estimate of drug-likeness (QED) is 0.510. The topological polar surface area (TPSA) is 95.8 Å². The average molecular weight is 338 g/mol. The number of non-ortho nitro benzene ring substituents is 1. The van der Waals surface area contributed by atoms with Crippen molar-refractivity contribution in [2.24, 2.45) is 0 Å². The Morgan fingerprint density at radius 3 is 2.60 bits per heavy atom. The highest BCUT2D eigenvalue weighted by Gasteiger charge is 2.59. The van der Waals surface area contributed by atoms with Crippen LogP contribution < -0.4 is 10.2 Å². The molecule has 8 heteroatoms. The van der Waals surface area contributed by atoms with Gasteiger partial charge >= 0.3 is 6.03 Å². The molecular formula is C17H14N4O4. The van der Waals surface area contributed by atoms with Gasteiger partial charge < -0.3 is 10.2 Å². The number of nitrogens with one attached hydrogen (secondary N) is 1. The molecule has 126 valence electrons. The first kappa shape index (κ1) is 14.4. The summed E-state index contributed by atoms with van der Waals surface area (Å²) in [6.07, 6.45) is 0.803. The minimum atomic E-state index is -0.472. The number of nitro groups is 1. The zero-order valence-corrected chi connectivity index (χ0v) is 13.1. The van der Waals surface area contributed by atoms with Gasteiger partial charge in [-0.25, -0.2) is 9.69 Å². The largest absolute Gasteiger partial charge is 0.332 e. The van der Waals surface area contributed by atoms with Crippen LogP contribution in [0.25, 0.3) is 10.8 Å². The number of carbonyl (C=O) groups excluding carboxylic acids is 2. The molecule has 3 amide bonds. The van der Waals surface area contributed by atoms with E-state index in [1.807, 2.05) is 0 Å². The van der Waals surface area contributed by atoms with Crippen molar-refractivity contribution in [3.05, 3.63) is 46.5 Å². The number of hydrogen-bond acceptors (Lipinski definition) is 5. The molecule has 0 aliphatic carbocycles. The van der Waals surface area contributed by atoms with E-state index in [9.17, 15) is 19.7 Å². The Morgan fingerprint density at radius 1 is 1.12 bits per heavy atom. The molecular weight excluding hydrogens is 324 g/mol. The molecule has 3 aliphatic heterocycles. The number of fused-ring (bicyclic) bond motifs is 6. The van der Waals surface area contributed by atoms with Gasteiger partial charge in [-0.3, -0.25) is 14.9 Å². The van der Waals surface area contributed by atoms with Crippen LogP contribution in [0.5, 0.6) is 0 Å². The van der Waals surface area contributed by atoms with Crippen LogP contribution in [0.1, 0.15) is 6.42 Å². The van der Waals surface area contributed by atoms with Gasteiger partial charge in [-0.1, -0.05) is 18.2 Å². The highest BCUT2D eigenvalue weighted by molar-refractivity contribution is 6.25. The molecule has 3 atom stereocenters. The molecule has 0 spiro atoms. The van der Waals surface area contributed by atoms with E-state index < -0.39 is 11.0 Å². The van der Waals surface area contributed by atoms with E-state index in [1.54, 1.807) is 29.2 Å². The molecule has 0 radical (unpaired) electrons. The van der Waals surface area contributed by atoms with Crippen molar-refractivity contribution in [1.82, 2.24) is 10.2 Å². The Morgan fingerprint density at radius 2 is 1.88 bits per heavy atom. The molecule has 1 N–H and O–H groups in total. The maximum Gasteiger partial charge on any atom is 0.332 e. The number of carbonyl (C=O) groups is 2. The van der Waals surface area contributed by atoms with Crippen molar-refractivity contribution in [2.75, 3.05) is 11.4 Å². The Bertz CT molecular complexity index is 931. The van der Waals surface area contributed by atoms with Gasteiger partial charge in [0.2, 0.25) is 0 Å². The number of imide groups is 1. The number of hydrogen-bond donors (Lipinski definition) is 1. The zero-order chi connectivity index (χ0) is 17.3. The van der Waals surface area contributed by atoms with E-state index in [-0.39, 0.29) is 29.7 Å². The molecule has 3 aliphatic rings. The molecule has 0 saturated carbocycles. The standard InChI is InChI=1S/C17H14N4O4/c22-16-15-12-7-9(8-18-12)19(15)17(23)20(16)13-5-6-14(21(24)25)11-4-2-1-3-10(11)13/h1-6,9,12,15,18H,7-8H2/t9-,12-,15+/m0/s1. The van der Waals surface area contributed by atoms with Gasteiger partial charge in [0, 0.05) is 30.1 Å². The lowest BCUT2D eigenvalue weighted by atomic mass is 10.1. The fraction of sp³-hybridized carbons (Fsp3) is 0.294. The van der Waals surface area contributed by atoms with E-state index in [0.717, 1.165) is 6.42 Å². The van der Waals surface area contributed by atoms with Gasteiger partial charge in [-0.15, -0.1) is 0 Å². The predicted octanol–water partition coefficient (Wildman–Crippen LogP) is 1.63. The number of amides is 3. The molecule has 0 aromatic heterocycles. The fourth-order valence-electron chi connectivity index (χ4n) is 4.37. The second-order valence-electron chi connectivity index (χ2n) is 6.62. The second-order valence-corrected chi connectivity index (χ2v) is 6.62. The molecule has 25 heavy (non-hydrogen) atoms. The highest BCUT2D eigenvalue weighted by atomic mass is 16.6. The molecule has 3 saturated heterocycles. The summed E-state index contributed by atoms with van der Waals surface area (Å²) in [6, 6.07) is 8.87. The van der Waals surface area contributed by atoms with Gasteiger partial charge in [0.15, 0.2) is 0 Å². The second kappa shape index (κ2) is 4.76. The van der Waals surface area contributed by atoms with Crippen LogP contribution in [0.15, 0.2) is 36.4 Å². The molecule has 3 heterocycles.